The molecule has 0 unspecified atom stereocenters. The Morgan fingerprint density at radius 2 is 1.58 bits per heavy atom. The van der Waals surface area contributed by atoms with Gasteiger partial charge in [0.05, 0.1) is 6.10 Å². The smallest absolute Gasteiger partial charge is 0.252 e. The second kappa shape index (κ2) is 8.45. The molecule has 0 aliphatic carbocycles. The van der Waals surface area contributed by atoms with Gasteiger partial charge in [-0.15, -0.1) is 0 Å². The van der Waals surface area contributed by atoms with Crippen molar-refractivity contribution in [3.05, 3.63) is 59.9 Å². The summed E-state index contributed by atoms with van der Waals surface area (Å²) in [5.41, 5.74) is 1.96. The molecular formula is C19H24N2O3. The maximum atomic E-state index is 12.8. The van der Waals surface area contributed by atoms with Crippen molar-refractivity contribution in [2.45, 2.75) is 46.1 Å². The second-order valence-electron chi connectivity index (χ2n) is 6.04. The molecule has 0 radical (unpaired) electrons. The van der Waals surface area contributed by atoms with Gasteiger partial charge in [-0.3, -0.25) is 9.78 Å². The van der Waals surface area contributed by atoms with Crippen LogP contribution in [0, 0.1) is 0 Å². The molecule has 5 heteroatoms. The summed E-state index contributed by atoms with van der Waals surface area (Å²) in [7, 11) is 0. The molecule has 0 saturated heterocycles. The molecule has 1 amide bonds. The zero-order valence-electron chi connectivity index (χ0n) is 14.3. The van der Waals surface area contributed by atoms with Crippen molar-refractivity contribution in [1.29, 1.82) is 0 Å². The number of hydrogen-bond donors (Lipinski definition) is 1. The third kappa shape index (κ3) is 5.35. The van der Waals surface area contributed by atoms with E-state index in [9.17, 15) is 9.90 Å². The number of phenolic OH excluding ortho intramolecular Hbond substituents is 1. The third-order valence-corrected chi connectivity index (χ3v) is 3.57. The van der Waals surface area contributed by atoms with Gasteiger partial charge in [-0.05, 0) is 56.2 Å². The van der Waals surface area contributed by atoms with E-state index >= 15 is 0 Å². The average molecular weight is 328 g/mol. The Morgan fingerprint density at radius 1 is 1.04 bits per heavy atom. The van der Waals surface area contributed by atoms with E-state index in [2.05, 4.69) is 4.98 Å². The molecule has 0 fully saturated rings. The lowest BCUT2D eigenvalue weighted by Crippen LogP contribution is -2.39. The average Bonchev–Trinajstić information content (AvgIpc) is 2.56. The number of aromatic hydroxyl groups is 1. The maximum absolute atomic E-state index is 12.8. The first-order chi connectivity index (χ1) is 11.5. The van der Waals surface area contributed by atoms with Crippen LogP contribution in [-0.2, 0) is 22.6 Å². The molecular weight excluding hydrogens is 304 g/mol. The van der Waals surface area contributed by atoms with Gasteiger partial charge in [0, 0.05) is 25.5 Å². The van der Waals surface area contributed by atoms with Gasteiger partial charge < -0.3 is 14.7 Å². The number of rotatable bonds is 7. The van der Waals surface area contributed by atoms with Crippen LogP contribution < -0.4 is 0 Å². The molecule has 1 aromatic heterocycles. The highest BCUT2D eigenvalue weighted by Crippen LogP contribution is 2.15. The van der Waals surface area contributed by atoms with Gasteiger partial charge in [-0.2, -0.15) is 0 Å². The summed E-state index contributed by atoms with van der Waals surface area (Å²) in [6.45, 7) is 6.54. The predicted octanol–water partition coefficient (Wildman–Crippen LogP) is 3.13. The van der Waals surface area contributed by atoms with Crippen molar-refractivity contribution < 1.29 is 14.6 Å². The molecule has 0 aliphatic rings. The Hall–Kier alpha value is -2.40. The van der Waals surface area contributed by atoms with Crippen molar-refractivity contribution in [1.82, 2.24) is 9.88 Å². The van der Waals surface area contributed by atoms with Gasteiger partial charge in [0.2, 0.25) is 0 Å². The molecule has 0 aliphatic heterocycles. The van der Waals surface area contributed by atoms with Crippen LogP contribution in [0.3, 0.4) is 0 Å². The lowest BCUT2D eigenvalue weighted by atomic mass is 10.1. The number of ether oxygens (including phenoxy) is 1. The Morgan fingerprint density at radius 3 is 2.12 bits per heavy atom. The lowest BCUT2D eigenvalue weighted by molar-refractivity contribution is -0.146. The largest absolute Gasteiger partial charge is 0.508 e. The van der Waals surface area contributed by atoms with Crippen LogP contribution in [0.15, 0.2) is 48.8 Å². The second-order valence-corrected chi connectivity index (χ2v) is 6.04. The molecule has 0 bridgehead atoms. The lowest BCUT2D eigenvalue weighted by Gasteiger charge is -2.27. The highest BCUT2D eigenvalue weighted by Gasteiger charge is 2.22. The summed E-state index contributed by atoms with van der Waals surface area (Å²) < 4.78 is 5.64. The first kappa shape index (κ1) is 17.9. The van der Waals surface area contributed by atoms with Crippen LogP contribution >= 0.6 is 0 Å². The van der Waals surface area contributed by atoms with Crippen molar-refractivity contribution in [2.24, 2.45) is 0 Å². The van der Waals surface area contributed by atoms with Gasteiger partial charge in [0.1, 0.15) is 11.9 Å². The normalized spacial score (nSPS) is 12.2. The molecule has 1 N–H and O–H groups in total. The molecule has 24 heavy (non-hydrogen) atoms. The number of amides is 1. The Bertz CT molecular complexity index is 641. The minimum atomic E-state index is -0.510. The molecule has 1 atom stereocenters. The fourth-order valence-electron chi connectivity index (χ4n) is 2.47. The van der Waals surface area contributed by atoms with Crippen LogP contribution in [-0.4, -0.2) is 33.1 Å². The van der Waals surface area contributed by atoms with E-state index in [1.807, 2.05) is 38.1 Å². The maximum Gasteiger partial charge on any atom is 0.252 e. The van der Waals surface area contributed by atoms with E-state index in [4.69, 9.17) is 4.74 Å². The molecule has 128 valence electrons. The number of aromatic nitrogens is 1. The summed E-state index contributed by atoms with van der Waals surface area (Å²) in [5.74, 6) is 0.149. The standard InChI is InChI=1S/C19H24N2O3/c1-14(2)24-15(3)19(23)21(13-17-8-10-20-11-9-17)12-16-4-6-18(22)7-5-16/h4-11,14-15,22H,12-13H2,1-3H3/t15-/m0/s1. The van der Waals surface area contributed by atoms with Crippen molar-refractivity contribution in [3.8, 4) is 5.75 Å². The number of carbonyl (C=O) groups excluding carboxylic acids is 1. The van der Waals surface area contributed by atoms with Crippen LogP contribution in [0.25, 0.3) is 0 Å². The molecule has 5 nitrogen and oxygen atoms in total. The molecule has 1 aromatic carbocycles. The number of carbonyl (C=O) groups is 1. The Balaban J connectivity index is 2.16. The minimum Gasteiger partial charge on any atom is -0.508 e. The number of nitrogens with zero attached hydrogens (tertiary/aromatic N) is 2. The summed E-state index contributed by atoms with van der Waals surface area (Å²) in [6.07, 6.45) is 2.91. The topological polar surface area (TPSA) is 62.7 Å². The van der Waals surface area contributed by atoms with Crippen LogP contribution in [0.2, 0.25) is 0 Å². The van der Waals surface area contributed by atoms with E-state index in [1.54, 1.807) is 36.4 Å². The fraction of sp³-hybridized carbons (Fsp3) is 0.368. The van der Waals surface area contributed by atoms with Crippen LogP contribution in [0.4, 0.5) is 0 Å². The quantitative estimate of drug-likeness (QED) is 0.848. The summed E-state index contributed by atoms with van der Waals surface area (Å²) >= 11 is 0. The molecule has 2 rings (SSSR count). The Labute approximate surface area is 142 Å². The van der Waals surface area contributed by atoms with Gasteiger partial charge in [-0.1, -0.05) is 12.1 Å². The van der Waals surface area contributed by atoms with E-state index in [0.29, 0.717) is 13.1 Å². The Kier molecular flexibility index (Phi) is 6.32. The first-order valence-electron chi connectivity index (χ1n) is 8.06. The number of hydrogen-bond acceptors (Lipinski definition) is 4. The zero-order chi connectivity index (χ0) is 17.5. The molecule has 0 spiro atoms. The zero-order valence-corrected chi connectivity index (χ0v) is 14.3. The van der Waals surface area contributed by atoms with Crippen molar-refractivity contribution in [2.75, 3.05) is 0 Å². The third-order valence-electron chi connectivity index (χ3n) is 3.57. The number of phenols is 1. The van der Waals surface area contributed by atoms with Crippen molar-refractivity contribution in [3.63, 3.8) is 0 Å². The summed E-state index contributed by atoms with van der Waals surface area (Å²) in [5, 5.41) is 9.42. The highest BCUT2D eigenvalue weighted by molar-refractivity contribution is 5.80. The monoisotopic (exact) mass is 328 g/mol. The molecule has 2 aromatic rings. The number of pyridine rings is 1. The predicted molar refractivity (Wildman–Crippen MR) is 92.3 cm³/mol. The number of benzene rings is 1. The minimum absolute atomic E-state index is 0.0135. The van der Waals surface area contributed by atoms with Gasteiger partial charge in [-0.25, -0.2) is 0 Å². The van der Waals surface area contributed by atoms with E-state index < -0.39 is 6.10 Å². The fourth-order valence-corrected chi connectivity index (χ4v) is 2.47. The molecule has 1 heterocycles. The van der Waals surface area contributed by atoms with Crippen molar-refractivity contribution >= 4 is 5.91 Å². The van der Waals surface area contributed by atoms with Gasteiger partial charge in [0.25, 0.3) is 5.91 Å². The first-order valence-corrected chi connectivity index (χ1v) is 8.06. The van der Waals surface area contributed by atoms with Crippen LogP contribution in [0.5, 0.6) is 5.75 Å². The molecule has 0 saturated carbocycles. The highest BCUT2D eigenvalue weighted by atomic mass is 16.5. The van der Waals surface area contributed by atoms with E-state index in [1.165, 1.54) is 0 Å². The van der Waals surface area contributed by atoms with Crippen LogP contribution in [0.1, 0.15) is 31.9 Å². The van der Waals surface area contributed by atoms with Gasteiger partial charge >= 0.3 is 0 Å². The summed E-state index contributed by atoms with van der Waals surface area (Å²) in [6, 6.07) is 10.7. The van der Waals surface area contributed by atoms with E-state index in [0.717, 1.165) is 11.1 Å². The van der Waals surface area contributed by atoms with E-state index in [-0.39, 0.29) is 17.8 Å². The SMILES string of the molecule is CC(C)O[C@@H](C)C(=O)N(Cc1ccncc1)Cc1ccc(O)cc1. The summed E-state index contributed by atoms with van der Waals surface area (Å²) in [4.78, 5) is 18.6. The van der Waals surface area contributed by atoms with Gasteiger partial charge in [0.15, 0.2) is 0 Å².